The van der Waals surface area contributed by atoms with E-state index in [0.29, 0.717) is 0 Å². The predicted octanol–water partition coefficient (Wildman–Crippen LogP) is -1.88. The number of halogens is 2. The van der Waals surface area contributed by atoms with E-state index in [1.807, 2.05) is 0 Å². The van der Waals surface area contributed by atoms with Crippen molar-refractivity contribution in [3.63, 3.8) is 0 Å². The molecule has 0 aliphatic carbocycles. The summed E-state index contributed by atoms with van der Waals surface area (Å²) in [6.45, 7) is 0. The van der Waals surface area contributed by atoms with Gasteiger partial charge in [0.15, 0.2) is 0 Å². The second-order valence-electron chi connectivity index (χ2n) is 0. The molecule has 0 saturated carbocycles. The summed E-state index contributed by atoms with van der Waals surface area (Å²) in [6, 6.07) is 0. The Morgan fingerprint density at radius 2 is 0.833 bits per heavy atom. The molecule has 6 heteroatoms. The third kappa shape index (κ3) is 30.0. The molecule has 0 spiro atoms. The van der Waals surface area contributed by atoms with Crippen LogP contribution in [0.2, 0.25) is 0 Å². The van der Waals surface area contributed by atoms with E-state index in [9.17, 15) is 0 Å². The first-order valence-electron chi connectivity index (χ1n) is 0. The van der Waals surface area contributed by atoms with E-state index in [1.165, 1.54) is 0 Å². The molecule has 0 aliphatic rings. The molecule has 4 N–H and O–H groups in total. The topological polar surface area (TPSA) is 63.0 Å². The molecule has 0 amide bonds. The normalized spacial score (nSPS) is 0. The van der Waals surface area contributed by atoms with Crippen molar-refractivity contribution < 1.29 is 13.8 Å². The van der Waals surface area contributed by atoms with Gasteiger partial charge in [0.1, 0.15) is 0 Å². The summed E-state index contributed by atoms with van der Waals surface area (Å²) in [4.78, 5) is 0. The second kappa shape index (κ2) is 47.7. The zero-order chi connectivity index (χ0) is 0. The molecule has 0 aliphatic heterocycles. The first-order valence-corrected chi connectivity index (χ1v) is 0. The van der Waals surface area contributed by atoms with E-state index in [1.54, 1.807) is 0 Å². The molecule has 0 rings (SSSR count). The van der Waals surface area contributed by atoms with Crippen molar-refractivity contribution in [3.8, 4) is 0 Å². The molecule has 0 unspecified atom stereocenters. The van der Waals surface area contributed by atoms with Crippen molar-refractivity contribution in [1.82, 2.24) is 0 Å². The molecule has 2 radical (unpaired) electrons. The van der Waals surface area contributed by atoms with Crippen molar-refractivity contribution in [3.05, 3.63) is 0 Å². The van der Waals surface area contributed by atoms with Gasteiger partial charge in [0.05, 0.1) is 0 Å². The van der Waals surface area contributed by atoms with Crippen LogP contribution in [0.3, 0.4) is 0 Å². The maximum atomic E-state index is 0. The van der Waals surface area contributed by atoms with Crippen LogP contribution < -0.4 is 0 Å². The molecule has 0 atom stereocenters. The van der Waals surface area contributed by atoms with Crippen molar-refractivity contribution in [1.29, 1.82) is 0 Å². The fraction of sp³-hybridized carbons (Fsp3) is 0. The summed E-state index contributed by atoms with van der Waals surface area (Å²) in [5, 5.41) is 0. The Morgan fingerprint density at radius 3 is 0.833 bits per heavy atom. The van der Waals surface area contributed by atoms with Gasteiger partial charge in [-0.3, -0.25) is 0 Å². The molecule has 42 valence electrons. The van der Waals surface area contributed by atoms with Crippen LogP contribution in [-0.2, 0) is 0 Å². The van der Waals surface area contributed by atoms with Gasteiger partial charge in [0.2, 0.25) is 0 Å². The van der Waals surface area contributed by atoms with Crippen LogP contribution >= 0.6 is 24.8 Å². The van der Waals surface area contributed by atoms with E-state index in [-0.39, 0.29) is 104 Å². The summed E-state index contributed by atoms with van der Waals surface area (Å²) < 4.78 is 0. The van der Waals surface area contributed by atoms with E-state index in [0.717, 1.165) is 0 Å². The van der Waals surface area contributed by atoms with Gasteiger partial charge in [-0.05, 0) is 0 Å². The van der Waals surface area contributed by atoms with Crippen LogP contribution in [0.25, 0.3) is 0 Å². The molecule has 0 fully saturated rings. The summed E-state index contributed by atoms with van der Waals surface area (Å²) in [5.41, 5.74) is 0. The summed E-state index contributed by atoms with van der Waals surface area (Å²) in [5.74, 6) is 0. The monoisotopic (exact) mass is 360 g/mol. The third-order valence-corrected chi connectivity index (χ3v) is 0. The molecule has 0 saturated heterocycles. The zero-order valence-electron chi connectivity index (χ0n) is 5.23. The van der Waals surface area contributed by atoms with Crippen molar-refractivity contribution >= 4 is 89.9 Å². The zero-order valence-corrected chi connectivity index (χ0v) is 12.6. The van der Waals surface area contributed by atoms with Crippen LogP contribution in [0.1, 0.15) is 2.85 Å². The van der Waals surface area contributed by atoms with E-state index >= 15 is 0 Å². The molecule has 0 bridgehead atoms. The summed E-state index contributed by atoms with van der Waals surface area (Å²) in [6.07, 6.45) is 0. The van der Waals surface area contributed by atoms with E-state index in [4.69, 9.17) is 0 Å². The molecule has 0 aromatic rings. The molecular weight excluding hydrogens is 350 g/mol. The Bertz CT molecular complexity index is 18.0. The minimum atomic E-state index is 0. The Balaban J connectivity index is 0. The van der Waals surface area contributed by atoms with Crippen LogP contribution in [0, 0.1) is 0 Å². The molecule has 0 heterocycles. The molecule has 2 nitrogen and oxygen atoms in total. The molecule has 0 aromatic heterocycles. The van der Waals surface area contributed by atoms with Gasteiger partial charge >= 0.3 is 65.0 Å². The number of hydrogen-bond acceptors (Lipinski definition) is 0. The third-order valence-electron chi connectivity index (χ3n) is 0. The fourth-order valence-corrected chi connectivity index (χ4v) is 0. The predicted molar refractivity (Wildman–Crippen MR) is 38.2 cm³/mol. The maximum absolute atomic E-state index is 0. The first kappa shape index (κ1) is 71.2. The van der Waals surface area contributed by atoms with Crippen molar-refractivity contribution in [2.45, 2.75) is 0 Å². The standard InChI is InChI=1S/Ca.2ClH.2H2O.Pb.4H/h;2*1H;2*1H2;;;;;/q+2;;;;;;;;2*-1. The average Bonchev–Trinajstić information content (AvgIpc) is 0. The average molecular weight is 360 g/mol. The Labute approximate surface area is 102 Å². The number of rotatable bonds is 0. The fourth-order valence-electron chi connectivity index (χ4n) is 0. The Hall–Kier alpha value is 2.68. The molecule has 0 aromatic carbocycles. The van der Waals surface area contributed by atoms with Gasteiger partial charge in [-0.2, -0.15) is 0 Å². The van der Waals surface area contributed by atoms with Gasteiger partial charge in [-0.25, -0.2) is 0 Å². The quantitative estimate of drug-likeness (QED) is 0.454. The summed E-state index contributed by atoms with van der Waals surface area (Å²) in [7, 11) is 0. The van der Waals surface area contributed by atoms with Gasteiger partial charge in [-0.1, -0.05) is 0 Å². The van der Waals surface area contributed by atoms with Crippen LogP contribution in [-0.4, -0.2) is 76.0 Å². The van der Waals surface area contributed by atoms with Gasteiger partial charge < -0.3 is 13.8 Å². The van der Waals surface area contributed by atoms with Crippen LogP contribution in [0.15, 0.2) is 0 Å². The Morgan fingerprint density at radius 1 is 0.833 bits per heavy atom. The van der Waals surface area contributed by atoms with Crippen molar-refractivity contribution in [2.75, 3.05) is 0 Å². The van der Waals surface area contributed by atoms with Crippen LogP contribution in [0.5, 0.6) is 0 Å². The van der Waals surface area contributed by atoms with Gasteiger partial charge in [0.25, 0.3) is 0 Å². The van der Waals surface area contributed by atoms with Crippen LogP contribution in [0.4, 0.5) is 0 Å². The Kier molecular flexibility index (Phi) is 566. The molecule has 6 heavy (non-hydrogen) atoms. The first-order chi connectivity index (χ1) is 0. The van der Waals surface area contributed by atoms with Gasteiger partial charge in [0, 0.05) is 0 Å². The number of hydrogen-bond donors (Lipinski definition) is 0. The van der Waals surface area contributed by atoms with E-state index in [2.05, 4.69) is 0 Å². The second-order valence-corrected chi connectivity index (χ2v) is 0. The summed E-state index contributed by atoms with van der Waals surface area (Å²) >= 11 is 0. The van der Waals surface area contributed by atoms with E-state index < -0.39 is 0 Å². The minimum absolute atomic E-state index is 0. The SMILES string of the molecule is Cl.Cl.O.O.[Ca+2].[H-].[H-].[PbH2]. The molecular formula is H10CaCl2O2Pb. The van der Waals surface area contributed by atoms with Crippen molar-refractivity contribution in [2.24, 2.45) is 0 Å². The van der Waals surface area contributed by atoms with Gasteiger partial charge in [-0.15, -0.1) is 24.8 Å².